The van der Waals surface area contributed by atoms with Crippen LogP contribution in [0.2, 0.25) is 12.6 Å². The molecule has 0 aliphatic heterocycles. The number of esters is 1. The van der Waals surface area contributed by atoms with Gasteiger partial charge in [0.05, 0.1) is 6.61 Å². The van der Waals surface area contributed by atoms with E-state index < -0.39 is 7.38 Å². The Bertz CT molecular complexity index is 415. The molecule has 0 heterocycles. The van der Waals surface area contributed by atoms with Crippen LogP contribution in [-0.4, -0.2) is 20.0 Å². The van der Waals surface area contributed by atoms with Gasteiger partial charge in [0.1, 0.15) is 0 Å². The van der Waals surface area contributed by atoms with Gasteiger partial charge in [-0.3, -0.25) is 0 Å². The Labute approximate surface area is 114 Å². The normalized spacial score (nSPS) is 13.7. The van der Waals surface area contributed by atoms with Crippen molar-refractivity contribution in [2.24, 2.45) is 0 Å². The first-order chi connectivity index (χ1) is 8.43. The van der Waals surface area contributed by atoms with Crippen molar-refractivity contribution in [3.8, 4) is 0 Å². The van der Waals surface area contributed by atoms with E-state index in [9.17, 15) is 4.79 Å². The minimum atomic E-state index is -1.92. The summed E-state index contributed by atoms with van der Waals surface area (Å²) in [4.78, 5) is 11.2. The van der Waals surface area contributed by atoms with Gasteiger partial charge < -0.3 is 4.74 Å². The first-order valence-electron chi connectivity index (χ1n) is 6.00. The van der Waals surface area contributed by atoms with Gasteiger partial charge in [0.25, 0.3) is 0 Å². The van der Waals surface area contributed by atoms with Crippen LogP contribution in [0.15, 0.2) is 42.5 Å². The number of carbonyl (C=O) groups excluding carboxylic acids is 1. The lowest BCUT2D eigenvalue weighted by atomic mass is 10.4. The molecule has 0 amide bonds. The van der Waals surface area contributed by atoms with E-state index in [0.29, 0.717) is 12.2 Å². The van der Waals surface area contributed by atoms with Crippen molar-refractivity contribution in [2.45, 2.75) is 25.9 Å². The van der Waals surface area contributed by atoms with Gasteiger partial charge in [0, 0.05) is 5.57 Å². The fourth-order valence-corrected chi connectivity index (χ4v) is 4.39. The summed E-state index contributed by atoms with van der Waals surface area (Å²) >= 11 is 6.62. The Morgan fingerprint density at radius 2 is 2.00 bits per heavy atom. The number of ether oxygens (including phenoxy) is 1. The van der Waals surface area contributed by atoms with Crippen molar-refractivity contribution in [1.29, 1.82) is 0 Å². The molecule has 1 unspecified atom stereocenters. The third kappa shape index (κ3) is 4.67. The number of benzene rings is 1. The van der Waals surface area contributed by atoms with Crippen molar-refractivity contribution in [2.75, 3.05) is 6.61 Å². The largest absolute Gasteiger partial charge is 0.462 e. The van der Waals surface area contributed by atoms with Gasteiger partial charge >= 0.3 is 5.97 Å². The van der Waals surface area contributed by atoms with Crippen LogP contribution in [0.3, 0.4) is 0 Å². The maximum atomic E-state index is 11.2. The fourth-order valence-electron chi connectivity index (χ4n) is 1.62. The van der Waals surface area contributed by atoms with Gasteiger partial charge in [-0.05, 0) is 24.6 Å². The molecule has 0 bridgehead atoms. The van der Waals surface area contributed by atoms with Crippen molar-refractivity contribution in [3.63, 3.8) is 0 Å². The van der Waals surface area contributed by atoms with E-state index >= 15 is 0 Å². The zero-order valence-corrected chi connectivity index (χ0v) is 12.7. The van der Waals surface area contributed by atoms with Gasteiger partial charge in [-0.25, -0.2) is 4.79 Å². The van der Waals surface area contributed by atoms with Crippen LogP contribution < -0.4 is 5.19 Å². The van der Waals surface area contributed by atoms with E-state index in [-0.39, 0.29) is 5.97 Å². The summed E-state index contributed by atoms with van der Waals surface area (Å²) in [5.41, 5.74) is 0.434. The molecular formula is C14H19ClO2Si. The van der Waals surface area contributed by atoms with Crippen LogP contribution in [0.25, 0.3) is 0 Å². The molecule has 2 nitrogen and oxygen atoms in total. The van der Waals surface area contributed by atoms with E-state index in [4.69, 9.17) is 15.8 Å². The molecule has 0 N–H and O–H groups in total. The van der Waals surface area contributed by atoms with Gasteiger partial charge in [-0.15, -0.1) is 0 Å². The molecule has 0 aromatic heterocycles. The third-order valence-electron chi connectivity index (χ3n) is 2.75. The maximum Gasteiger partial charge on any atom is 0.333 e. The Morgan fingerprint density at radius 3 is 2.56 bits per heavy atom. The number of hydrogen-bond acceptors (Lipinski definition) is 2. The van der Waals surface area contributed by atoms with Crippen molar-refractivity contribution in [3.05, 3.63) is 42.5 Å². The summed E-state index contributed by atoms with van der Waals surface area (Å²) < 4.78 is 5.06. The van der Waals surface area contributed by atoms with Crippen LogP contribution in [-0.2, 0) is 9.53 Å². The molecule has 1 aromatic rings. The molecule has 0 radical (unpaired) electrons. The highest BCUT2D eigenvalue weighted by Crippen LogP contribution is 2.17. The predicted molar refractivity (Wildman–Crippen MR) is 78.7 cm³/mol. The maximum absolute atomic E-state index is 11.2. The predicted octanol–water partition coefficient (Wildman–Crippen LogP) is 3.22. The monoisotopic (exact) mass is 282 g/mol. The highest BCUT2D eigenvalue weighted by Gasteiger charge is 2.26. The van der Waals surface area contributed by atoms with Gasteiger partial charge in [0.15, 0.2) is 7.38 Å². The standard InChI is InChI=1S/C14H19ClO2Si/c1-12(2)14(16)17-10-7-11-18(3,15)13-8-5-4-6-9-13/h4-6,8-9H,1,7,10-11H2,2-3H3. The van der Waals surface area contributed by atoms with Gasteiger partial charge in [-0.2, -0.15) is 11.1 Å². The van der Waals surface area contributed by atoms with Crippen LogP contribution in [0.5, 0.6) is 0 Å². The summed E-state index contributed by atoms with van der Waals surface area (Å²) in [6.45, 7) is 7.71. The fraction of sp³-hybridized carbons (Fsp3) is 0.357. The highest BCUT2D eigenvalue weighted by atomic mass is 35.6. The molecule has 1 aromatic carbocycles. The molecule has 0 saturated carbocycles. The topological polar surface area (TPSA) is 26.3 Å². The minimum absolute atomic E-state index is 0.326. The molecule has 0 aliphatic carbocycles. The zero-order valence-electron chi connectivity index (χ0n) is 10.9. The van der Waals surface area contributed by atoms with E-state index in [1.165, 1.54) is 5.19 Å². The molecule has 0 spiro atoms. The zero-order chi connectivity index (χ0) is 13.6. The first-order valence-corrected chi connectivity index (χ1v) is 9.72. The van der Waals surface area contributed by atoms with Crippen LogP contribution in [0, 0.1) is 0 Å². The Morgan fingerprint density at radius 1 is 1.39 bits per heavy atom. The number of hydrogen-bond donors (Lipinski definition) is 0. The second-order valence-corrected chi connectivity index (χ2v) is 10.6. The Hall–Kier alpha value is -1.06. The second kappa shape index (κ2) is 6.76. The summed E-state index contributed by atoms with van der Waals surface area (Å²) in [7, 11) is -1.92. The molecule has 0 fully saturated rings. The number of carbonyl (C=O) groups is 1. The van der Waals surface area contributed by atoms with Crippen molar-refractivity contribution in [1.82, 2.24) is 0 Å². The van der Waals surface area contributed by atoms with Crippen molar-refractivity contribution >= 4 is 29.6 Å². The lowest BCUT2D eigenvalue weighted by molar-refractivity contribution is -0.138. The summed E-state index contributed by atoms with van der Waals surface area (Å²) in [5, 5.41) is 1.22. The van der Waals surface area contributed by atoms with Crippen LogP contribution in [0.4, 0.5) is 0 Å². The summed E-state index contributed by atoms with van der Waals surface area (Å²) in [5.74, 6) is -0.326. The van der Waals surface area contributed by atoms with E-state index in [0.717, 1.165) is 12.5 Å². The first kappa shape index (κ1) is 15.0. The lowest BCUT2D eigenvalue weighted by Crippen LogP contribution is -2.38. The molecule has 0 aliphatic rings. The van der Waals surface area contributed by atoms with E-state index in [2.05, 4.69) is 25.3 Å². The third-order valence-corrected chi connectivity index (χ3v) is 6.80. The quantitative estimate of drug-likeness (QED) is 0.263. The molecule has 1 atom stereocenters. The Balaban J connectivity index is 2.39. The van der Waals surface area contributed by atoms with Crippen LogP contribution >= 0.6 is 11.1 Å². The SMILES string of the molecule is C=C(C)C(=O)OCCC[Si](C)(Cl)c1ccccc1. The number of halogens is 1. The molecule has 98 valence electrons. The molecule has 0 saturated heterocycles. The second-order valence-electron chi connectivity index (χ2n) is 4.58. The summed E-state index contributed by atoms with van der Waals surface area (Å²) in [6, 6.07) is 11.0. The molecule has 1 rings (SSSR count). The molecular weight excluding hydrogens is 264 g/mol. The lowest BCUT2D eigenvalue weighted by Gasteiger charge is -2.19. The Kier molecular flexibility index (Phi) is 5.63. The van der Waals surface area contributed by atoms with E-state index in [1.54, 1.807) is 6.92 Å². The number of rotatable bonds is 6. The van der Waals surface area contributed by atoms with Crippen molar-refractivity contribution < 1.29 is 9.53 Å². The average molecular weight is 283 g/mol. The smallest absolute Gasteiger partial charge is 0.333 e. The highest BCUT2D eigenvalue weighted by molar-refractivity contribution is 7.26. The average Bonchev–Trinajstić information content (AvgIpc) is 2.35. The van der Waals surface area contributed by atoms with Crippen LogP contribution in [0.1, 0.15) is 13.3 Å². The minimum Gasteiger partial charge on any atom is -0.462 e. The van der Waals surface area contributed by atoms with Gasteiger partial charge in [-0.1, -0.05) is 43.5 Å². The molecule has 4 heteroatoms. The van der Waals surface area contributed by atoms with Gasteiger partial charge in [0.2, 0.25) is 0 Å². The molecule has 18 heavy (non-hydrogen) atoms. The van der Waals surface area contributed by atoms with E-state index in [1.807, 2.05) is 18.2 Å². The summed E-state index contributed by atoms with van der Waals surface area (Å²) in [6.07, 6.45) is 0.792.